The summed E-state index contributed by atoms with van der Waals surface area (Å²) in [7, 11) is 0. The van der Waals surface area contributed by atoms with Crippen LogP contribution in [-0.2, 0) is 19.5 Å². The molecule has 0 saturated heterocycles. The quantitative estimate of drug-likeness (QED) is 0.854. The third kappa shape index (κ3) is 3.82. The van der Waals surface area contributed by atoms with Crippen molar-refractivity contribution in [2.45, 2.75) is 39.5 Å². The van der Waals surface area contributed by atoms with E-state index in [1.165, 1.54) is 0 Å². The molecule has 24 heavy (non-hydrogen) atoms. The average molecular weight is 330 g/mol. The molecule has 1 atom stereocenters. The minimum atomic E-state index is -0.261. The van der Waals surface area contributed by atoms with Gasteiger partial charge < -0.3 is 24.5 Å². The van der Waals surface area contributed by atoms with Gasteiger partial charge in [-0.3, -0.25) is 0 Å². The van der Waals surface area contributed by atoms with E-state index >= 15 is 0 Å². The maximum absolute atomic E-state index is 11.9. The maximum atomic E-state index is 11.9. The van der Waals surface area contributed by atoms with Crippen LogP contribution in [0, 0.1) is 0 Å². The van der Waals surface area contributed by atoms with E-state index in [1.54, 1.807) is 12.3 Å². The lowest BCUT2D eigenvalue weighted by atomic mass is 10.1. The highest BCUT2D eigenvalue weighted by Crippen LogP contribution is 2.35. The molecule has 1 aromatic heterocycles. The van der Waals surface area contributed by atoms with Crippen LogP contribution in [0.15, 0.2) is 34.9 Å². The van der Waals surface area contributed by atoms with Crippen LogP contribution in [0.25, 0.3) is 0 Å². The number of hydrogen-bond acceptors (Lipinski definition) is 4. The van der Waals surface area contributed by atoms with Crippen LogP contribution in [-0.4, -0.2) is 18.7 Å². The summed E-state index contributed by atoms with van der Waals surface area (Å²) < 4.78 is 16.7. The van der Waals surface area contributed by atoms with Gasteiger partial charge in [0.25, 0.3) is 0 Å². The first-order chi connectivity index (χ1) is 11.7. The standard InChI is InChI=1S/C18H22N2O4/c1-3-22-16-8-13-7-12(2)24-17(13)9-14(16)10-19-18(21)20-11-15-5-4-6-23-15/h4-6,8-9,12H,3,7,10-11H2,1-2H3,(H2,19,20,21)/t12-/m1/s1. The van der Waals surface area contributed by atoms with Crippen molar-refractivity contribution in [3.05, 3.63) is 47.4 Å². The smallest absolute Gasteiger partial charge is 0.315 e. The van der Waals surface area contributed by atoms with Gasteiger partial charge in [-0.1, -0.05) is 0 Å². The van der Waals surface area contributed by atoms with E-state index in [4.69, 9.17) is 13.9 Å². The van der Waals surface area contributed by atoms with E-state index in [2.05, 4.69) is 10.6 Å². The molecule has 0 radical (unpaired) electrons. The SMILES string of the molecule is CCOc1cc2c(cc1CNC(=O)NCc1ccco1)O[C@H](C)C2. The van der Waals surface area contributed by atoms with Crippen molar-refractivity contribution in [2.24, 2.45) is 0 Å². The van der Waals surface area contributed by atoms with Gasteiger partial charge in [0.15, 0.2) is 0 Å². The molecular formula is C18H22N2O4. The van der Waals surface area contributed by atoms with Gasteiger partial charge in [0.1, 0.15) is 23.4 Å². The second-order valence-corrected chi connectivity index (χ2v) is 5.75. The summed E-state index contributed by atoms with van der Waals surface area (Å²) in [5.74, 6) is 2.37. The Labute approximate surface area is 141 Å². The first-order valence-corrected chi connectivity index (χ1v) is 8.15. The molecule has 2 aromatic rings. The zero-order chi connectivity index (χ0) is 16.9. The van der Waals surface area contributed by atoms with Gasteiger partial charge in [0.05, 0.1) is 19.4 Å². The van der Waals surface area contributed by atoms with E-state index in [1.807, 2.05) is 32.0 Å². The summed E-state index contributed by atoms with van der Waals surface area (Å²) in [6.07, 6.45) is 2.64. The van der Waals surface area contributed by atoms with Crippen LogP contribution >= 0.6 is 0 Å². The Hall–Kier alpha value is -2.63. The largest absolute Gasteiger partial charge is 0.494 e. The number of urea groups is 1. The van der Waals surface area contributed by atoms with Crippen LogP contribution in [0.3, 0.4) is 0 Å². The van der Waals surface area contributed by atoms with Crippen molar-refractivity contribution in [3.8, 4) is 11.5 Å². The highest BCUT2D eigenvalue weighted by atomic mass is 16.5. The third-order valence-electron chi connectivity index (χ3n) is 3.82. The van der Waals surface area contributed by atoms with E-state index in [0.717, 1.165) is 29.0 Å². The molecule has 1 aliphatic rings. The molecule has 2 amide bonds. The van der Waals surface area contributed by atoms with Gasteiger partial charge in [-0.05, 0) is 38.1 Å². The van der Waals surface area contributed by atoms with Gasteiger partial charge in [0, 0.05) is 24.1 Å². The molecular weight excluding hydrogens is 308 g/mol. The Morgan fingerprint density at radius 3 is 2.92 bits per heavy atom. The number of rotatable bonds is 6. The summed E-state index contributed by atoms with van der Waals surface area (Å²) in [5.41, 5.74) is 2.05. The molecule has 0 bridgehead atoms. The monoisotopic (exact) mass is 330 g/mol. The van der Waals surface area contributed by atoms with E-state index < -0.39 is 0 Å². The fourth-order valence-electron chi connectivity index (χ4n) is 2.73. The summed E-state index contributed by atoms with van der Waals surface area (Å²) in [5, 5.41) is 5.59. The first kappa shape index (κ1) is 16.2. The van der Waals surface area contributed by atoms with Crippen molar-refractivity contribution in [1.82, 2.24) is 10.6 Å². The Balaban J connectivity index is 1.61. The van der Waals surface area contributed by atoms with Crippen LogP contribution < -0.4 is 20.1 Å². The first-order valence-electron chi connectivity index (χ1n) is 8.15. The number of nitrogens with one attached hydrogen (secondary N) is 2. The minimum Gasteiger partial charge on any atom is -0.494 e. The van der Waals surface area contributed by atoms with Crippen molar-refractivity contribution < 1.29 is 18.7 Å². The molecule has 0 aliphatic carbocycles. The molecule has 1 aliphatic heterocycles. The molecule has 0 spiro atoms. The van der Waals surface area contributed by atoms with Crippen molar-refractivity contribution in [3.63, 3.8) is 0 Å². The zero-order valence-corrected chi connectivity index (χ0v) is 13.9. The van der Waals surface area contributed by atoms with Gasteiger partial charge in [-0.15, -0.1) is 0 Å². The number of furan rings is 1. The van der Waals surface area contributed by atoms with Crippen LogP contribution in [0.2, 0.25) is 0 Å². The van der Waals surface area contributed by atoms with E-state index in [-0.39, 0.29) is 12.1 Å². The summed E-state index contributed by atoms with van der Waals surface area (Å²) in [4.78, 5) is 11.9. The lowest BCUT2D eigenvalue weighted by Gasteiger charge is -2.13. The summed E-state index contributed by atoms with van der Waals surface area (Å²) in [6.45, 7) is 5.28. The molecule has 2 heterocycles. The van der Waals surface area contributed by atoms with Gasteiger partial charge in [-0.2, -0.15) is 0 Å². The van der Waals surface area contributed by atoms with Crippen LogP contribution in [0.4, 0.5) is 4.79 Å². The van der Waals surface area contributed by atoms with Crippen molar-refractivity contribution >= 4 is 6.03 Å². The zero-order valence-electron chi connectivity index (χ0n) is 13.9. The molecule has 0 saturated carbocycles. The summed E-state index contributed by atoms with van der Waals surface area (Å²) in [6, 6.07) is 7.31. The fourth-order valence-corrected chi connectivity index (χ4v) is 2.73. The Morgan fingerprint density at radius 1 is 1.33 bits per heavy atom. The molecule has 0 unspecified atom stereocenters. The minimum absolute atomic E-state index is 0.175. The second kappa shape index (κ2) is 7.29. The number of ether oxygens (including phenoxy) is 2. The maximum Gasteiger partial charge on any atom is 0.315 e. The van der Waals surface area contributed by atoms with E-state index in [0.29, 0.717) is 25.5 Å². The van der Waals surface area contributed by atoms with Crippen molar-refractivity contribution in [1.29, 1.82) is 0 Å². The molecule has 0 fully saturated rings. The molecule has 6 heteroatoms. The van der Waals surface area contributed by atoms with Crippen LogP contribution in [0.1, 0.15) is 30.7 Å². The van der Waals surface area contributed by atoms with Gasteiger partial charge in [0.2, 0.25) is 0 Å². The van der Waals surface area contributed by atoms with Crippen LogP contribution in [0.5, 0.6) is 11.5 Å². The van der Waals surface area contributed by atoms with Gasteiger partial charge in [-0.25, -0.2) is 4.79 Å². The van der Waals surface area contributed by atoms with Gasteiger partial charge >= 0.3 is 6.03 Å². The third-order valence-corrected chi connectivity index (χ3v) is 3.82. The average Bonchev–Trinajstić information content (AvgIpc) is 3.19. The predicted octanol–water partition coefficient (Wildman–Crippen LogP) is 3.00. The molecule has 128 valence electrons. The lowest BCUT2D eigenvalue weighted by molar-refractivity contribution is 0.238. The molecule has 1 aromatic carbocycles. The number of hydrogen-bond donors (Lipinski definition) is 2. The number of amides is 2. The lowest BCUT2D eigenvalue weighted by Crippen LogP contribution is -2.34. The number of fused-ring (bicyclic) bond motifs is 1. The molecule has 3 rings (SSSR count). The Morgan fingerprint density at radius 2 is 2.17 bits per heavy atom. The highest BCUT2D eigenvalue weighted by Gasteiger charge is 2.22. The number of benzene rings is 1. The predicted molar refractivity (Wildman–Crippen MR) is 89.2 cm³/mol. The summed E-state index contributed by atoms with van der Waals surface area (Å²) >= 11 is 0. The highest BCUT2D eigenvalue weighted by molar-refractivity contribution is 5.73. The Kier molecular flexibility index (Phi) is 4.93. The Bertz CT molecular complexity index is 697. The molecule has 2 N–H and O–H groups in total. The normalized spacial score (nSPS) is 15.5. The fraction of sp³-hybridized carbons (Fsp3) is 0.389. The van der Waals surface area contributed by atoms with Crippen molar-refractivity contribution in [2.75, 3.05) is 6.61 Å². The topological polar surface area (TPSA) is 72.7 Å². The number of carbonyl (C=O) groups is 1. The second-order valence-electron chi connectivity index (χ2n) is 5.75. The molecule has 6 nitrogen and oxygen atoms in total. The van der Waals surface area contributed by atoms with E-state index in [9.17, 15) is 4.79 Å². The number of carbonyl (C=O) groups excluding carboxylic acids is 1.